The summed E-state index contributed by atoms with van der Waals surface area (Å²) in [6.45, 7) is 5.16. The lowest BCUT2D eigenvalue weighted by Gasteiger charge is -2.23. The Hall–Kier alpha value is -2.05. The lowest BCUT2D eigenvalue weighted by atomic mass is 10.1. The molecule has 0 fully saturated rings. The van der Waals surface area contributed by atoms with Gasteiger partial charge in [-0.15, -0.1) is 5.10 Å². The van der Waals surface area contributed by atoms with E-state index in [9.17, 15) is 4.79 Å². The molecule has 2 amide bonds. The molecule has 1 aromatic carbocycles. The molecular weight excluding hydrogens is 304 g/mol. The predicted molar refractivity (Wildman–Crippen MR) is 86.6 cm³/mol. The monoisotopic (exact) mass is 322 g/mol. The van der Waals surface area contributed by atoms with Gasteiger partial charge in [0.25, 0.3) is 0 Å². The lowest BCUT2D eigenvalue weighted by molar-refractivity contribution is 0.187. The number of anilines is 1. The van der Waals surface area contributed by atoms with E-state index in [4.69, 9.17) is 16.7 Å². The van der Waals surface area contributed by atoms with Crippen LogP contribution in [0.4, 0.5) is 10.6 Å². The first-order valence-corrected chi connectivity index (χ1v) is 7.22. The summed E-state index contributed by atoms with van der Waals surface area (Å²) in [5.74, 6) is 0.406. The van der Waals surface area contributed by atoms with Crippen LogP contribution in [-0.2, 0) is 0 Å². The summed E-state index contributed by atoms with van der Waals surface area (Å²) in [7, 11) is 0. The minimum Gasteiger partial charge on any atom is -0.394 e. The second-order valence-electron chi connectivity index (χ2n) is 5.66. The second kappa shape index (κ2) is 6.37. The summed E-state index contributed by atoms with van der Waals surface area (Å²) in [5, 5.41) is 19.4. The molecule has 22 heavy (non-hydrogen) atoms. The third-order valence-electron chi connectivity index (χ3n) is 3.06. The number of benzene rings is 1. The molecule has 0 saturated heterocycles. The molecule has 0 unspecified atom stereocenters. The van der Waals surface area contributed by atoms with E-state index < -0.39 is 11.6 Å². The number of nitrogens with zero attached hydrogens (tertiary/aromatic N) is 2. The molecule has 0 saturated carbocycles. The van der Waals surface area contributed by atoms with Gasteiger partial charge in [-0.2, -0.15) is 0 Å². The minimum atomic E-state index is -0.704. The van der Waals surface area contributed by atoms with E-state index in [0.717, 1.165) is 11.4 Å². The molecule has 0 atom stereocenters. The average Bonchev–Trinajstić information content (AvgIpc) is 2.79. The summed E-state index contributed by atoms with van der Waals surface area (Å²) in [5.41, 5.74) is 0.875. The highest BCUT2D eigenvalue weighted by Crippen LogP contribution is 2.22. The lowest BCUT2D eigenvalue weighted by Crippen LogP contribution is -2.48. The van der Waals surface area contributed by atoms with Crippen molar-refractivity contribution in [1.82, 2.24) is 15.1 Å². The Balaban J connectivity index is 2.17. The van der Waals surface area contributed by atoms with Crippen LogP contribution in [0, 0.1) is 6.92 Å². The fraction of sp³-hybridized carbons (Fsp3) is 0.333. The Morgan fingerprint density at radius 1 is 1.41 bits per heavy atom. The molecule has 1 heterocycles. The molecule has 0 aliphatic carbocycles. The number of carbonyl (C=O) groups is 1. The zero-order valence-electron chi connectivity index (χ0n) is 12.7. The SMILES string of the molecule is Cc1cc(NC(=O)NC(C)(C)CO)nn1-c1ccccc1Cl. The standard InChI is InChI=1S/C15H19ClN4O2/c1-10-8-13(17-14(22)18-15(2,3)9-21)19-20(10)12-7-5-4-6-11(12)16/h4-8,21H,9H2,1-3H3,(H2,17,18,19,22). The van der Waals surface area contributed by atoms with Gasteiger partial charge in [-0.05, 0) is 32.9 Å². The highest BCUT2D eigenvalue weighted by molar-refractivity contribution is 6.32. The van der Waals surface area contributed by atoms with Crippen molar-refractivity contribution >= 4 is 23.4 Å². The first kappa shape index (κ1) is 16.3. The highest BCUT2D eigenvalue weighted by Gasteiger charge is 2.20. The Morgan fingerprint density at radius 3 is 2.73 bits per heavy atom. The molecular formula is C15H19ClN4O2. The molecule has 2 rings (SSSR count). The fourth-order valence-electron chi connectivity index (χ4n) is 1.90. The summed E-state index contributed by atoms with van der Waals surface area (Å²) >= 11 is 6.16. The third kappa shape index (κ3) is 3.78. The van der Waals surface area contributed by atoms with Crippen molar-refractivity contribution in [2.75, 3.05) is 11.9 Å². The summed E-state index contributed by atoms with van der Waals surface area (Å²) in [4.78, 5) is 11.9. The molecule has 1 aromatic heterocycles. The Morgan fingerprint density at radius 2 is 2.09 bits per heavy atom. The van der Waals surface area contributed by atoms with Crippen LogP contribution in [0.1, 0.15) is 19.5 Å². The van der Waals surface area contributed by atoms with E-state index in [0.29, 0.717) is 10.8 Å². The van der Waals surface area contributed by atoms with Crippen LogP contribution in [0.5, 0.6) is 0 Å². The molecule has 7 heteroatoms. The number of aryl methyl sites for hydroxylation is 1. The number of para-hydroxylation sites is 1. The maximum atomic E-state index is 11.9. The minimum absolute atomic E-state index is 0.159. The van der Waals surface area contributed by atoms with Gasteiger partial charge in [-0.3, -0.25) is 5.32 Å². The number of hydrogen-bond acceptors (Lipinski definition) is 3. The van der Waals surface area contributed by atoms with Gasteiger partial charge in [0.15, 0.2) is 5.82 Å². The topological polar surface area (TPSA) is 79.2 Å². The Labute approximate surface area is 134 Å². The fourth-order valence-corrected chi connectivity index (χ4v) is 2.11. The number of amides is 2. The maximum Gasteiger partial charge on any atom is 0.320 e. The largest absolute Gasteiger partial charge is 0.394 e. The Bertz CT molecular complexity index is 682. The van der Waals surface area contributed by atoms with Gasteiger partial charge in [-0.25, -0.2) is 9.48 Å². The van der Waals surface area contributed by atoms with Gasteiger partial charge in [0.2, 0.25) is 0 Å². The average molecular weight is 323 g/mol. The zero-order chi connectivity index (χ0) is 16.3. The molecule has 6 nitrogen and oxygen atoms in total. The van der Waals surface area contributed by atoms with E-state index in [1.807, 2.05) is 25.1 Å². The van der Waals surface area contributed by atoms with Crippen molar-refractivity contribution < 1.29 is 9.90 Å². The number of aliphatic hydroxyl groups excluding tert-OH is 1. The third-order valence-corrected chi connectivity index (χ3v) is 3.38. The number of urea groups is 1. The van der Waals surface area contributed by atoms with Gasteiger partial charge >= 0.3 is 6.03 Å². The summed E-state index contributed by atoms with van der Waals surface area (Å²) in [6.07, 6.45) is 0. The number of nitrogens with one attached hydrogen (secondary N) is 2. The molecule has 118 valence electrons. The first-order chi connectivity index (χ1) is 10.3. The van der Waals surface area contributed by atoms with Crippen molar-refractivity contribution in [2.45, 2.75) is 26.3 Å². The van der Waals surface area contributed by atoms with Crippen LogP contribution in [0.15, 0.2) is 30.3 Å². The van der Waals surface area contributed by atoms with Gasteiger partial charge in [0.1, 0.15) is 0 Å². The molecule has 0 bridgehead atoms. The van der Waals surface area contributed by atoms with Crippen LogP contribution >= 0.6 is 11.6 Å². The van der Waals surface area contributed by atoms with E-state index in [-0.39, 0.29) is 6.61 Å². The highest BCUT2D eigenvalue weighted by atomic mass is 35.5. The van der Waals surface area contributed by atoms with Crippen LogP contribution in [0.3, 0.4) is 0 Å². The zero-order valence-corrected chi connectivity index (χ0v) is 13.5. The normalized spacial score (nSPS) is 11.3. The number of aliphatic hydroxyl groups is 1. The van der Waals surface area contributed by atoms with Gasteiger partial charge in [-0.1, -0.05) is 23.7 Å². The van der Waals surface area contributed by atoms with Gasteiger partial charge < -0.3 is 10.4 Å². The molecule has 0 aliphatic rings. The van der Waals surface area contributed by atoms with E-state index in [1.54, 1.807) is 30.7 Å². The van der Waals surface area contributed by atoms with Crippen LogP contribution in [0.25, 0.3) is 5.69 Å². The van der Waals surface area contributed by atoms with Gasteiger partial charge in [0.05, 0.1) is 22.9 Å². The molecule has 2 aromatic rings. The number of halogens is 1. The number of rotatable bonds is 4. The van der Waals surface area contributed by atoms with Crippen molar-refractivity contribution in [2.24, 2.45) is 0 Å². The van der Waals surface area contributed by atoms with Crippen LogP contribution in [0.2, 0.25) is 5.02 Å². The smallest absolute Gasteiger partial charge is 0.320 e. The van der Waals surface area contributed by atoms with Crippen molar-refractivity contribution in [1.29, 1.82) is 0 Å². The van der Waals surface area contributed by atoms with E-state index in [1.165, 1.54) is 0 Å². The van der Waals surface area contributed by atoms with Crippen molar-refractivity contribution in [3.05, 3.63) is 41.0 Å². The summed E-state index contributed by atoms with van der Waals surface area (Å²) < 4.78 is 1.66. The van der Waals surface area contributed by atoms with Crippen molar-refractivity contribution in [3.8, 4) is 5.69 Å². The first-order valence-electron chi connectivity index (χ1n) is 6.84. The quantitative estimate of drug-likeness (QED) is 0.809. The second-order valence-corrected chi connectivity index (χ2v) is 6.06. The summed E-state index contributed by atoms with van der Waals surface area (Å²) in [6, 6.07) is 8.65. The molecule has 0 aliphatic heterocycles. The Kier molecular flexibility index (Phi) is 4.73. The predicted octanol–water partition coefficient (Wildman–Crippen LogP) is 2.73. The number of hydrogen-bond donors (Lipinski definition) is 3. The molecule has 0 radical (unpaired) electrons. The molecule has 0 spiro atoms. The number of carbonyl (C=O) groups excluding carboxylic acids is 1. The maximum absolute atomic E-state index is 11.9. The van der Waals surface area contributed by atoms with Crippen LogP contribution < -0.4 is 10.6 Å². The van der Waals surface area contributed by atoms with E-state index >= 15 is 0 Å². The van der Waals surface area contributed by atoms with Crippen LogP contribution in [-0.4, -0.2) is 33.1 Å². The van der Waals surface area contributed by atoms with Gasteiger partial charge in [0, 0.05) is 11.8 Å². The number of aromatic nitrogens is 2. The van der Waals surface area contributed by atoms with E-state index in [2.05, 4.69) is 15.7 Å². The molecule has 3 N–H and O–H groups in total. The van der Waals surface area contributed by atoms with Crippen molar-refractivity contribution in [3.63, 3.8) is 0 Å².